The lowest BCUT2D eigenvalue weighted by Gasteiger charge is -2.29. The lowest BCUT2D eigenvalue weighted by Crippen LogP contribution is -2.53. The van der Waals surface area contributed by atoms with Crippen molar-refractivity contribution in [3.05, 3.63) is 11.5 Å². The van der Waals surface area contributed by atoms with Gasteiger partial charge in [-0.25, -0.2) is 4.79 Å². The molecule has 0 unspecified atom stereocenters. The van der Waals surface area contributed by atoms with Gasteiger partial charge in [-0.15, -0.1) is 12.4 Å². The first-order chi connectivity index (χ1) is 14.9. The Morgan fingerprint density at radius 1 is 0.844 bits per heavy atom. The van der Waals surface area contributed by atoms with Gasteiger partial charge < -0.3 is 25.2 Å². The highest BCUT2D eigenvalue weighted by Crippen LogP contribution is 2.35. The first kappa shape index (κ1) is 30.7. The van der Waals surface area contributed by atoms with Gasteiger partial charge in [0.15, 0.2) is 11.5 Å². The summed E-state index contributed by atoms with van der Waals surface area (Å²) in [5.41, 5.74) is -2.40. The van der Waals surface area contributed by atoms with Crippen molar-refractivity contribution in [2.24, 2.45) is 0 Å². The molecular formula is C24H43ClO7. The summed E-state index contributed by atoms with van der Waals surface area (Å²) >= 11 is 0. The molecule has 1 rings (SSSR count). The Bertz CT molecular complexity index is 579. The number of carbonyl (C=O) groups excluding carboxylic acids is 2. The van der Waals surface area contributed by atoms with Crippen LogP contribution in [0.4, 0.5) is 0 Å². The summed E-state index contributed by atoms with van der Waals surface area (Å²) in [4.78, 5) is 24.1. The maximum absolute atomic E-state index is 12.5. The van der Waals surface area contributed by atoms with Crippen molar-refractivity contribution < 1.29 is 34.8 Å². The van der Waals surface area contributed by atoms with E-state index in [0.29, 0.717) is 6.42 Å². The zero-order chi connectivity index (χ0) is 23.1. The smallest absolute Gasteiger partial charge is 0.378 e. The third kappa shape index (κ3) is 9.28. The molecule has 0 aliphatic carbocycles. The van der Waals surface area contributed by atoms with Crippen LogP contribution in [0.5, 0.6) is 0 Å². The molecular weight excluding hydrogens is 436 g/mol. The molecule has 0 radical (unpaired) electrons. The van der Waals surface area contributed by atoms with Crippen molar-refractivity contribution in [1.82, 2.24) is 0 Å². The number of aliphatic hydroxyl groups is 4. The molecule has 0 aromatic heterocycles. The fourth-order valence-electron chi connectivity index (χ4n) is 4.09. The van der Waals surface area contributed by atoms with Gasteiger partial charge in [-0.1, -0.05) is 96.8 Å². The average Bonchev–Trinajstić information content (AvgIpc) is 3.00. The van der Waals surface area contributed by atoms with Gasteiger partial charge in [-0.3, -0.25) is 4.79 Å². The van der Waals surface area contributed by atoms with Gasteiger partial charge in [0, 0.05) is 6.42 Å². The first-order valence-electron chi connectivity index (χ1n) is 12.1. The van der Waals surface area contributed by atoms with E-state index in [9.17, 15) is 30.0 Å². The summed E-state index contributed by atoms with van der Waals surface area (Å²) in [5.74, 6) is -4.13. The van der Waals surface area contributed by atoms with E-state index < -0.39 is 41.6 Å². The molecule has 0 aromatic rings. The minimum Gasteiger partial charge on any atom is -0.505 e. The van der Waals surface area contributed by atoms with Crippen molar-refractivity contribution in [1.29, 1.82) is 0 Å². The number of ether oxygens (including phenoxy) is 1. The lowest BCUT2D eigenvalue weighted by molar-refractivity contribution is -0.173. The highest BCUT2D eigenvalue weighted by Gasteiger charge is 2.58. The number of hydrogen-bond acceptors (Lipinski definition) is 7. The van der Waals surface area contributed by atoms with Crippen molar-refractivity contribution >= 4 is 24.2 Å². The van der Waals surface area contributed by atoms with E-state index in [1.54, 1.807) is 0 Å². The van der Waals surface area contributed by atoms with Gasteiger partial charge in [-0.2, -0.15) is 0 Å². The lowest BCUT2D eigenvalue weighted by atomic mass is 9.87. The number of hydrogen-bond donors (Lipinski definition) is 4. The summed E-state index contributed by atoms with van der Waals surface area (Å²) in [7, 11) is 0. The van der Waals surface area contributed by atoms with E-state index in [1.165, 1.54) is 70.6 Å². The van der Waals surface area contributed by atoms with Crippen LogP contribution in [0.15, 0.2) is 11.5 Å². The number of halogens is 1. The SMILES string of the molecule is CCCCCCCCCCCCCCCCCC(=O)[C@]1([C@@H](O)CO)OC(=O)C(O)=C1O.Cl. The van der Waals surface area contributed by atoms with E-state index in [1.807, 2.05) is 0 Å². The maximum Gasteiger partial charge on any atom is 0.378 e. The molecule has 8 heteroatoms. The molecule has 1 heterocycles. The van der Waals surface area contributed by atoms with E-state index in [4.69, 9.17) is 4.74 Å². The standard InChI is InChI=1S/C24H42O7.ClH/c1-2-3-4-5-6-7-8-9-10-11-12-13-14-15-16-17-19(26)24(20(27)18-25)22(29)21(28)23(30)31-24;/h20,25,27-29H,2-18H2,1H3;1H/t20-,24+;/m0./s1. The van der Waals surface area contributed by atoms with Crippen LogP contribution in [0.3, 0.4) is 0 Å². The second-order valence-electron chi connectivity index (χ2n) is 8.64. The molecule has 0 amide bonds. The predicted octanol–water partition coefficient (Wildman–Crippen LogP) is 5.22. The van der Waals surface area contributed by atoms with Crippen LogP contribution in [0.1, 0.15) is 110 Å². The summed E-state index contributed by atoms with van der Waals surface area (Å²) in [6.45, 7) is 1.35. The number of ketones is 1. The molecule has 188 valence electrons. The monoisotopic (exact) mass is 478 g/mol. The van der Waals surface area contributed by atoms with E-state index in [0.717, 1.165) is 19.3 Å². The molecule has 0 fully saturated rings. The summed E-state index contributed by atoms with van der Waals surface area (Å²) < 4.78 is 4.79. The zero-order valence-corrected chi connectivity index (χ0v) is 20.3. The second kappa shape index (κ2) is 17.2. The third-order valence-electron chi connectivity index (χ3n) is 6.09. The average molecular weight is 479 g/mol. The fraction of sp³-hybridized carbons (Fsp3) is 0.833. The summed E-state index contributed by atoms with van der Waals surface area (Å²) in [5, 5.41) is 38.6. The van der Waals surface area contributed by atoms with Crippen molar-refractivity contribution in [2.75, 3.05) is 6.61 Å². The molecule has 0 spiro atoms. The number of Topliss-reactive ketones (excluding diaryl/α,β-unsaturated/α-hetero) is 1. The van der Waals surface area contributed by atoms with Gasteiger partial charge in [-0.05, 0) is 6.42 Å². The summed E-state index contributed by atoms with van der Waals surface area (Å²) in [6, 6.07) is 0. The predicted molar refractivity (Wildman–Crippen MR) is 126 cm³/mol. The Hall–Kier alpha value is -1.31. The van der Waals surface area contributed by atoms with Gasteiger partial charge >= 0.3 is 5.97 Å². The van der Waals surface area contributed by atoms with Gasteiger partial charge in [0.25, 0.3) is 5.60 Å². The van der Waals surface area contributed by atoms with Crippen LogP contribution < -0.4 is 0 Å². The Labute approximate surface area is 198 Å². The number of carbonyl (C=O) groups is 2. The number of rotatable bonds is 19. The van der Waals surface area contributed by atoms with Gasteiger partial charge in [0.05, 0.1) is 6.61 Å². The topological polar surface area (TPSA) is 124 Å². The van der Waals surface area contributed by atoms with Crippen molar-refractivity contribution in [2.45, 2.75) is 121 Å². The Morgan fingerprint density at radius 2 is 1.25 bits per heavy atom. The van der Waals surface area contributed by atoms with E-state index in [2.05, 4.69) is 6.92 Å². The van der Waals surface area contributed by atoms with Gasteiger partial charge in [0.1, 0.15) is 6.10 Å². The Kier molecular flexibility index (Phi) is 16.5. The molecule has 1 aliphatic rings. The van der Waals surface area contributed by atoms with Crippen LogP contribution in [0.25, 0.3) is 0 Å². The largest absolute Gasteiger partial charge is 0.505 e. The molecule has 2 atom stereocenters. The normalized spacial score (nSPS) is 19.0. The summed E-state index contributed by atoms with van der Waals surface area (Å²) in [6.07, 6.45) is 16.0. The zero-order valence-electron chi connectivity index (χ0n) is 19.5. The number of unbranched alkanes of at least 4 members (excludes halogenated alkanes) is 14. The quantitative estimate of drug-likeness (QED) is 0.148. The maximum atomic E-state index is 12.5. The highest BCUT2D eigenvalue weighted by atomic mass is 35.5. The number of aliphatic hydroxyl groups excluding tert-OH is 4. The minimum atomic E-state index is -2.40. The molecule has 4 N–H and O–H groups in total. The molecule has 7 nitrogen and oxygen atoms in total. The highest BCUT2D eigenvalue weighted by molar-refractivity contribution is 6.01. The molecule has 0 bridgehead atoms. The van der Waals surface area contributed by atoms with Crippen molar-refractivity contribution in [3.63, 3.8) is 0 Å². The number of esters is 1. The number of cyclic esters (lactones) is 1. The van der Waals surface area contributed by atoms with Crippen LogP contribution in [0.2, 0.25) is 0 Å². The Morgan fingerprint density at radius 3 is 1.59 bits per heavy atom. The van der Waals surface area contributed by atoms with Crippen molar-refractivity contribution in [3.8, 4) is 0 Å². The van der Waals surface area contributed by atoms with Crippen LogP contribution in [-0.2, 0) is 14.3 Å². The van der Waals surface area contributed by atoms with Crippen LogP contribution >= 0.6 is 12.4 Å². The molecule has 0 saturated carbocycles. The second-order valence-corrected chi connectivity index (χ2v) is 8.64. The Balaban J connectivity index is 0.00000961. The van der Waals surface area contributed by atoms with Crippen LogP contribution in [-0.4, -0.2) is 50.5 Å². The molecule has 0 saturated heterocycles. The fourth-order valence-corrected chi connectivity index (χ4v) is 4.09. The minimum absolute atomic E-state index is 0. The third-order valence-corrected chi connectivity index (χ3v) is 6.09. The van der Waals surface area contributed by atoms with E-state index in [-0.39, 0.29) is 18.8 Å². The van der Waals surface area contributed by atoms with E-state index >= 15 is 0 Å². The van der Waals surface area contributed by atoms with Gasteiger partial charge in [0.2, 0.25) is 5.76 Å². The molecule has 0 aromatic carbocycles. The van der Waals surface area contributed by atoms with Crippen LogP contribution in [0, 0.1) is 0 Å². The molecule has 32 heavy (non-hydrogen) atoms. The molecule has 1 aliphatic heterocycles. The first-order valence-corrected chi connectivity index (χ1v) is 12.1.